The van der Waals surface area contributed by atoms with E-state index in [2.05, 4.69) is 39.2 Å². The molecule has 0 unspecified atom stereocenters. The molecule has 1 N–H and O–H groups in total. The maximum absolute atomic E-state index is 5.28. The highest BCUT2D eigenvalue weighted by Crippen LogP contribution is 2.25. The van der Waals surface area contributed by atoms with Gasteiger partial charge >= 0.3 is 0 Å². The molecular weight excluding hydrogens is 316 g/mol. The molecule has 4 aromatic rings. The molecule has 0 saturated carbocycles. The number of thioether (sulfide) groups is 1. The predicted octanol–water partition coefficient (Wildman–Crippen LogP) is 4.28. The van der Waals surface area contributed by atoms with Gasteiger partial charge in [-0.1, -0.05) is 23.0 Å². The minimum atomic E-state index is 0.593. The second-order valence-electron chi connectivity index (χ2n) is 4.87. The number of hydrogen-bond donors (Lipinski definition) is 1. The SMILES string of the molecule is Cc1ccc2nc(SCc3nc(-c4ccsc4)no3)[nH]c2c1. The van der Waals surface area contributed by atoms with Crippen molar-refractivity contribution in [2.45, 2.75) is 17.8 Å². The molecule has 4 rings (SSSR count). The lowest BCUT2D eigenvalue weighted by Crippen LogP contribution is -1.82. The third-order valence-corrected chi connectivity index (χ3v) is 4.74. The van der Waals surface area contributed by atoms with Crippen LogP contribution >= 0.6 is 23.1 Å². The molecule has 0 radical (unpaired) electrons. The summed E-state index contributed by atoms with van der Waals surface area (Å²) in [5.41, 5.74) is 4.22. The van der Waals surface area contributed by atoms with Gasteiger partial charge in [0.2, 0.25) is 11.7 Å². The number of hydrogen-bond acceptors (Lipinski definition) is 6. The van der Waals surface area contributed by atoms with Crippen LogP contribution in [0.3, 0.4) is 0 Å². The minimum Gasteiger partial charge on any atom is -0.338 e. The number of rotatable bonds is 4. The topological polar surface area (TPSA) is 67.6 Å². The first-order valence-corrected chi connectivity index (χ1v) is 8.65. The van der Waals surface area contributed by atoms with Gasteiger partial charge in [0, 0.05) is 10.9 Å². The van der Waals surface area contributed by atoms with E-state index in [-0.39, 0.29) is 0 Å². The molecular formula is C15H12N4OS2. The van der Waals surface area contributed by atoms with Gasteiger partial charge in [0.15, 0.2) is 5.16 Å². The van der Waals surface area contributed by atoms with Gasteiger partial charge in [-0.15, -0.1) is 0 Å². The minimum absolute atomic E-state index is 0.593. The van der Waals surface area contributed by atoms with Crippen molar-refractivity contribution in [3.8, 4) is 11.4 Å². The fourth-order valence-electron chi connectivity index (χ4n) is 2.12. The molecule has 3 aromatic heterocycles. The van der Waals surface area contributed by atoms with Crippen molar-refractivity contribution in [3.05, 3.63) is 46.5 Å². The van der Waals surface area contributed by atoms with Crippen LogP contribution < -0.4 is 0 Å². The van der Waals surface area contributed by atoms with E-state index in [4.69, 9.17) is 4.52 Å². The number of nitrogens with one attached hydrogen (secondary N) is 1. The Morgan fingerprint density at radius 3 is 3.09 bits per heavy atom. The Kier molecular flexibility index (Phi) is 3.44. The first-order valence-electron chi connectivity index (χ1n) is 6.72. The Balaban J connectivity index is 1.49. The zero-order valence-corrected chi connectivity index (χ0v) is 13.4. The van der Waals surface area contributed by atoms with Gasteiger partial charge in [-0.2, -0.15) is 16.3 Å². The predicted molar refractivity (Wildman–Crippen MR) is 88.0 cm³/mol. The molecule has 0 bridgehead atoms. The van der Waals surface area contributed by atoms with E-state index in [1.54, 1.807) is 23.1 Å². The number of aryl methyl sites for hydroxylation is 1. The molecule has 110 valence electrons. The third-order valence-electron chi connectivity index (χ3n) is 3.20. The van der Waals surface area contributed by atoms with Crippen molar-refractivity contribution in [2.24, 2.45) is 0 Å². The Morgan fingerprint density at radius 1 is 1.27 bits per heavy atom. The Bertz CT molecular complexity index is 911. The summed E-state index contributed by atoms with van der Waals surface area (Å²) in [6.07, 6.45) is 0. The van der Waals surface area contributed by atoms with E-state index in [1.807, 2.05) is 22.9 Å². The summed E-state index contributed by atoms with van der Waals surface area (Å²) in [5, 5.41) is 8.86. The quantitative estimate of drug-likeness (QED) is 0.566. The van der Waals surface area contributed by atoms with Crippen molar-refractivity contribution >= 4 is 34.1 Å². The zero-order chi connectivity index (χ0) is 14.9. The number of thiophene rings is 1. The lowest BCUT2D eigenvalue weighted by atomic mass is 10.2. The van der Waals surface area contributed by atoms with E-state index >= 15 is 0 Å². The van der Waals surface area contributed by atoms with Gasteiger partial charge in [0.05, 0.1) is 16.8 Å². The van der Waals surface area contributed by atoms with E-state index in [0.717, 1.165) is 21.8 Å². The molecule has 3 heterocycles. The van der Waals surface area contributed by atoms with Crippen molar-refractivity contribution in [3.63, 3.8) is 0 Å². The highest BCUT2D eigenvalue weighted by Gasteiger charge is 2.10. The summed E-state index contributed by atoms with van der Waals surface area (Å²) < 4.78 is 5.28. The van der Waals surface area contributed by atoms with E-state index in [0.29, 0.717) is 17.5 Å². The van der Waals surface area contributed by atoms with Gasteiger partial charge in [0.25, 0.3) is 0 Å². The molecule has 0 aliphatic heterocycles. The van der Waals surface area contributed by atoms with Crippen LogP contribution in [-0.2, 0) is 5.75 Å². The maximum Gasteiger partial charge on any atom is 0.237 e. The van der Waals surface area contributed by atoms with Crippen LogP contribution in [0.25, 0.3) is 22.4 Å². The van der Waals surface area contributed by atoms with Crippen molar-refractivity contribution < 1.29 is 4.52 Å². The molecule has 0 fully saturated rings. The van der Waals surface area contributed by atoms with Crippen LogP contribution in [0, 0.1) is 6.92 Å². The molecule has 1 aromatic carbocycles. The summed E-state index contributed by atoms with van der Waals surface area (Å²) in [5.74, 6) is 1.83. The Morgan fingerprint density at radius 2 is 2.23 bits per heavy atom. The second kappa shape index (κ2) is 5.58. The van der Waals surface area contributed by atoms with Gasteiger partial charge < -0.3 is 9.51 Å². The van der Waals surface area contributed by atoms with E-state index < -0.39 is 0 Å². The average Bonchev–Trinajstić information content (AvgIpc) is 3.24. The molecule has 7 heteroatoms. The van der Waals surface area contributed by atoms with Gasteiger partial charge in [-0.25, -0.2) is 4.98 Å². The number of nitrogens with zero attached hydrogens (tertiary/aromatic N) is 3. The third kappa shape index (κ3) is 2.65. The van der Waals surface area contributed by atoms with Gasteiger partial charge in [-0.05, 0) is 36.1 Å². The largest absolute Gasteiger partial charge is 0.338 e. The van der Waals surface area contributed by atoms with Crippen LogP contribution in [0.4, 0.5) is 0 Å². The van der Waals surface area contributed by atoms with Gasteiger partial charge in [0.1, 0.15) is 0 Å². The monoisotopic (exact) mass is 328 g/mol. The zero-order valence-electron chi connectivity index (χ0n) is 11.7. The number of aromatic nitrogens is 4. The second-order valence-corrected chi connectivity index (χ2v) is 6.62. The lowest BCUT2D eigenvalue weighted by molar-refractivity contribution is 0.391. The average molecular weight is 328 g/mol. The van der Waals surface area contributed by atoms with Crippen LogP contribution in [0.2, 0.25) is 0 Å². The van der Waals surface area contributed by atoms with Crippen LogP contribution in [-0.4, -0.2) is 20.1 Å². The Labute approximate surface area is 134 Å². The first-order chi connectivity index (χ1) is 10.8. The highest BCUT2D eigenvalue weighted by molar-refractivity contribution is 7.98. The fraction of sp³-hybridized carbons (Fsp3) is 0.133. The maximum atomic E-state index is 5.28. The van der Waals surface area contributed by atoms with Crippen LogP contribution in [0.1, 0.15) is 11.5 Å². The summed E-state index contributed by atoms with van der Waals surface area (Å²) in [6, 6.07) is 8.15. The molecule has 0 saturated heterocycles. The molecule has 22 heavy (non-hydrogen) atoms. The first kappa shape index (κ1) is 13.5. The number of fused-ring (bicyclic) bond motifs is 1. The summed E-state index contributed by atoms with van der Waals surface area (Å²) in [4.78, 5) is 12.3. The molecule has 0 amide bonds. The molecule has 0 atom stereocenters. The number of benzene rings is 1. The number of imidazole rings is 1. The molecule has 0 spiro atoms. The summed E-state index contributed by atoms with van der Waals surface area (Å²) in [7, 11) is 0. The highest BCUT2D eigenvalue weighted by atomic mass is 32.2. The summed E-state index contributed by atoms with van der Waals surface area (Å²) in [6.45, 7) is 2.07. The van der Waals surface area contributed by atoms with E-state index in [1.165, 1.54) is 5.56 Å². The number of aromatic amines is 1. The number of H-pyrrole nitrogens is 1. The van der Waals surface area contributed by atoms with Crippen molar-refractivity contribution in [2.75, 3.05) is 0 Å². The van der Waals surface area contributed by atoms with E-state index in [9.17, 15) is 0 Å². The normalized spacial score (nSPS) is 11.3. The molecule has 0 aliphatic carbocycles. The molecule has 5 nitrogen and oxygen atoms in total. The lowest BCUT2D eigenvalue weighted by Gasteiger charge is -1.91. The standard InChI is InChI=1S/C15H12N4OS2/c1-9-2-3-11-12(6-9)17-15(16-11)22-8-13-18-14(19-20-13)10-4-5-21-7-10/h2-7H,8H2,1H3,(H,16,17). The smallest absolute Gasteiger partial charge is 0.237 e. The fourth-order valence-corrected chi connectivity index (χ4v) is 3.48. The van der Waals surface area contributed by atoms with Crippen molar-refractivity contribution in [1.29, 1.82) is 0 Å². The Hall–Kier alpha value is -2.12. The van der Waals surface area contributed by atoms with Crippen molar-refractivity contribution in [1.82, 2.24) is 20.1 Å². The van der Waals surface area contributed by atoms with Crippen LogP contribution in [0.5, 0.6) is 0 Å². The van der Waals surface area contributed by atoms with Gasteiger partial charge in [-0.3, -0.25) is 0 Å². The van der Waals surface area contributed by atoms with Crippen LogP contribution in [0.15, 0.2) is 44.7 Å². The summed E-state index contributed by atoms with van der Waals surface area (Å²) >= 11 is 3.17. The molecule has 0 aliphatic rings.